The molecule has 0 fully saturated rings. The molecule has 5 nitrogen and oxygen atoms in total. The third-order valence-corrected chi connectivity index (χ3v) is 3.57. The second kappa shape index (κ2) is 10.1. The van der Waals surface area contributed by atoms with Crippen molar-refractivity contribution in [3.63, 3.8) is 0 Å². The van der Waals surface area contributed by atoms with Gasteiger partial charge in [-0.3, -0.25) is 4.79 Å². The van der Waals surface area contributed by atoms with Gasteiger partial charge in [0.2, 0.25) is 11.8 Å². The topological polar surface area (TPSA) is 77.2 Å². The first-order valence-corrected chi connectivity index (χ1v) is 7.28. The van der Waals surface area contributed by atoms with Crippen LogP contribution < -0.4 is 15.8 Å². The molecule has 0 saturated heterocycles. The van der Waals surface area contributed by atoms with Gasteiger partial charge in [0.05, 0.1) is 6.04 Å². The predicted octanol–water partition coefficient (Wildman–Crippen LogP) is 4.01. The standard InChI is InChI=1S/C17H21N3O2.2ClH/c1-4-13(18)16(21)20-14-8-6-10-19-17(14)22-15-9-5-7-11(2)12(15)3;;/h5-10,13H,4,18H2,1-3H3,(H,20,21);2*1H/t13-;;/m0../s1. The molecule has 7 heteroatoms. The normalized spacial score (nSPS) is 10.8. The molecule has 0 unspecified atom stereocenters. The molecule has 1 aromatic heterocycles. The number of benzene rings is 1. The van der Waals surface area contributed by atoms with Crippen LogP contribution in [0.5, 0.6) is 11.6 Å². The van der Waals surface area contributed by atoms with E-state index in [2.05, 4.69) is 10.3 Å². The zero-order chi connectivity index (χ0) is 16.1. The molecular weight excluding hydrogens is 349 g/mol. The van der Waals surface area contributed by atoms with Gasteiger partial charge in [0.25, 0.3) is 0 Å². The minimum Gasteiger partial charge on any atom is -0.437 e. The van der Waals surface area contributed by atoms with E-state index in [4.69, 9.17) is 10.5 Å². The highest BCUT2D eigenvalue weighted by molar-refractivity contribution is 5.95. The number of nitrogens with zero attached hydrogens (tertiary/aromatic N) is 1. The van der Waals surface area contributed by atoms with E-state index in [-0.39, 0.29) is 30.7 Å². The van der Waals surface area contributed by atoms with Crippen molar-refractivity contribution in [3.05, 3.63) is 47.7 Å². The smallest absolute Gasteiger partial charge is 0.243 e. The summed E-state index contributed by atoms with van der Waals surface area (Å²) in [5.74, 6) is 0.822. The molecule has 1 amide bonds. The van der Waals surface area contributed by atoms with Crippen LogP contribution in [0.1, 0.15) is 24.5 Å². The van der Waals surface area contributed by atoms with Gasteiger partial charge in [-0.1, -0.05) is 19.1 Å². The molecule has 0 spiro atoms. The van der Waals surface area contributed by atoms with Crippen molar-refractivity contribution in [3.8, 4) is 11.6 Å². The fraction of sp³-hybridized carbons (Fsp3) is 0.294. The molecule has 0 saturated carbocycles. The molecule has 0 bridgehead atoms. The molecule has 24 heavy (non-hydrogen) atoms. The number of hydrogen-bond acceptors (Lipinski definition) is 4. The van der Waals surface area contributed by atoms with Crippen LogP contribution in [0.25, 0.3) is 0 Å². The number of hydrogen-bond donors (Lipinski definition) is 2. The molecule has 0 radical (unpaired) electrons. The van der Waals surface area contributed by atoms with Gasteiger partial charge in [-0.15, -0.1) is 24.8 Å². The van der Waals surface area contributed by atoms with Gasteiger partial charge in [-0.25, -0.2) is 4.98 Å². The molecule has 1 aromatic carbocycles. The third kappa shape index (κ3) is 5.37. The molecule has 132 valence electrons. The third-order valence-electron chi connectivity index (χ3n) is 3.57. The van der Waals surface area contributed by atoms with Gasteiger partial charge < -0.3 is 15.8 Å². The van der Waals surface area contributed by atoms with Crippen LogP contribution in [0.15, 0.2) is 36.5 Å². The number of halogens is 2. The Kier molecular flexibility index (Phi) is 9.36. The van der Waals surface area contributed by atoms with Crippen LogP contribution in [0.3, 0.4) is 0 Å². The minimum absolute atomic E-state index is 0. The molecule has 2 aromatic rings. The molecule has 2 rings (SSSR count). The maximum atomic E-state index is 11.9. The number of aryl methyl sites for hydroxylation is 1. The summed E-state index contributed by atoms with van der Waals surface area (Å²) in [4.78, 5) is 16.2. The lowest BCUT2D eigenvalue weighted by molar-refractivity contribution is -0.117. The summed E-state index contributed by atoms with van der Waals surface area (Å²) >= 11 is 0. The zero-order valence-corrected chi connectivity index (χ0v) is 15.5. The maximum absolute atomic E-state index is 11.9. The Bertz CT molecular complexity index is 681. The number of nitrogens with one attached hydrogen (secondary N) is 1. The largest absolute Gasteiger partial charge is 0.437 e. The molecule has 0 aliphatic carbocycles. The first-order chi connectivity index (χ1) is 10.5. The lowest BCUT2D eigenvalue weighted by Gasteiger charge is -2.15. The quantitative estimate of drug-likeness (QED) is 0.831. The summed E-state index contributed by atoms with van der Waals surface area (Å²) in [5.41, 5.74) is 8.42. The van der Waals surface area contributed by atoms with Crippen LogP contribution in [0.4, 0.5) is 5.69 Å². The van der Waals surface area contributed by atoms with Crippen molar-refractivity contribution < 1.29 is 9.53 Å². The number of rotatable bonds is 5. The number of pyridine rings is 1. The molecule has 0 aliphatic rings. The van der Waals surface area contributed by atoms with Crippen LogP contribution in [-0.2, 0) is 4.79 Å². The van der Waals surface area contributed by atoms with E-state index in [1.165, 1.54) is 0 Å². The lowest BCUT2D eigenvalue weighted by Crippen LogP contribution is -2.34. The van der Waals surface area contributed by atoms with Gasteiger partial charge in [0.15, 0.2) is 0 Å². The number of carbonyl (C=O) groups excluding carboxylic acids is 1. The summed E-state index contributed by atoms with van der Waals surface area (Å²) in [7, 11) is 0. The van der Waals surface area contributed by atoms with E-state index in [1.807, 2.05) is 39.0 Å². The highest BCUT2D eigenvalue weighted by Crippen LogP contribution is 2.30. The number of amides is 1. The Labute approximate surface area is 154 Å². The highest BCUT2D eigenvalue weighted by atomic mass is 35.5. The molecule has 1 heterocycles. The Morgan fingerprint density at radius 3 is 2.62 bits per heavy atom. The van der Waals surface area contributed by atoms with Crippen LogP contribution in [0.2, 0.25) is 0 Å². The summed E-state index contributed by atoms with van der Waals surface area (Å²) < 4.78 is 5.87. The van der Waals surface area contributed by atoms with Crippen molar-refractivity contribution in [2.75, 3.05) is 5.32 Å². The van der Waals surface area contributed by atoms with Crippen molar-refractivity contribution >= 4 is 36.4 Å². The molecule has 1 atom stereocenters. The summed E-state index contributed by atoms with van der Waals surface area (Å²) in [5, 5.41) is 2.76. The van der Waals surface area contributed by atoms with E-state index >= 15 is 0 Å². The average Bonchev–Trinajstić information content (AvgIpc) is 2.52. The fourth-order valence-corrected chi connectivity index (χ4v) is 1.92. The van der Waals surface area contributed by atoms with E-state index in [9.17, 15) is 4.79 Å². The first kappa shape index (κ1) is 22.2. The Hall–Kier alpha value is -1.82. The fourth-order valence-electron chi connectivity index (χ4n) is 1.92. The van der Waals surface area contributed by atoms with Crippen molar-refractivity contribution in [1.29, 1.82) is 0 Å². The first-order valence-electron chi connectivity index (χ1n) is 7.28. The average molecular weight is 372 g/mol. The zero-order valence-electron chi connectivity index (χ0n) is 13.9. The number of anilines is 1. The van der Waals surface area contributed by atoms with Crippen molar-refractivity contribution in [2.24, 2.45) is 5.73 Å². The maximum Gasteiger partial charge on any atom is 0.243 e. The second-order valence-corrected chi connectivity index (χ2v) is 5.16. The van der Waals surface area contributed by atoms with Crippen LogP contribution in [0, 0.1) is 13.8 Å². The number of carbonyl (C=O) groups is 1. The van der Waals surface area contributed by atoms with Gasteiger partial charge in [-0.2, -0.15) is 0 Å². The van der Waals surface area contributed by atoms with E-state index in [1.54, 1.807) is 18.3 Å². The van der Waals surface area contributed by atoms with Gasteiger partial charge in [-0.05, 0) is 49.6 Å². The van der Waals surface area contributed by atoms with Crippen molar-refractivity contribution in [2.45, 2.75) is 33.2 Å². The van der Waals surface area contributed by atoms with Gasteiger partial charge in [0.1, 0.15) is 11.4 Å². The SMILES string of the molecule is CC[C@H](N)C(=O)Nc1cccnc1Oc1cccc(C)c1C.Cl.Cl. The van der Waals surface area contributed by atoms with Crippen molar-refractivity contribution in [1.82, 2.24) is 4.98 Å². The molecule has 3 N–H and O–H groups in total. The number of ether oxygens (including phenoxy) is 1. The number of nitrogens with two attached hydrogens (primary N) is 1. The van der Waals surface area contributed by atoms with Gasteiger partial charge >= 0.3 is 0 Å². The van der Waals surface area contributed by atoms with Crippen LogP contribution in [-0.4, -0.2) is 16.9 Å². The Morgan fingerprint density at radius 2 is 1.96 bits per heavy atom. The Balaban J connectivity index is 0.00000264. The lowest BCUT2D eigenvalue weighted by atomic mass is 10.1. The van der Waals surface area contributed by atoms with E-state index in [0.717, 1.165) is 11.1 Å². The van der Waals surface area contributed by atoms with E-state index < -0.39 is 6.04 Å². The Morgan fingerprint density at radius 1 is 1.25 bits per heavy atom. The summed E-state index contributed by atoms with van der Waals surface area (Å²) in [6, 6.07) is 8.75. The molecule has 0 aliphatic heterocycles. The summed E-state index contributed by atoms with van der Waals surface area (Å²) in [6.07, 6.45) is 2.19. The molecular formula is C17H23Cl2N3O2. The van der Waals surface area contributed by atoms with Gasteiger partial charge in [0, 0.05) is 6.20 Å². The monoisotopic (exact) mass is 371 g/mol. The van der Waals surface area contributed by atoms with Crippen LogP contribution >= 0.6 is 24.8 Å². The second-order valence-electron chi connectivity index (χ2n) is 5.16. The predicted molar refractivity (Wildman–Crippen MR) is 102 cm³/mol. The van der Waals surface area contributed by atoms with E-state index in [0.29, 0.717) is 23.7 Å². The summed E-state index contributed by atoms with van der Waals surface area (Å²) in [6.45, 7) is 5.86. The highest BCUT2D eigenvalue weighted by Gasteiger charge is 2.15. The minimum atomic E-state index is -0.547. The number of aromatic nitrogens is 1.